The summed E-state index contributed by atoms with van der Waals surface area (Å²) >= 11 is 0. The molecule has 3 rings (SSSR count). The first-order valence-corrected chi connectivity index (χ1v) is 5.34. The molecule has 0 fully saturated rings. The van der Waals surface area contributed by atoms with Crippen molar-refractivity contribution < 1.29 is 0 Å². The Hall–Kier alpha value is -2.42. The maximum atomic E-state index is 9.00. The third-order valence-corrected chi connectivity index (χ3v) is 2.83. The van der Waals surface area contributed by atoms with Crippen molar-refractivity contribution in [3.8, 4) is 6.07 Å². The predicted molar refractivity (Wildman–Crippen MR) is 60.0 cm³/mol. The zero-order chi connectivity index (χ0) is 11.7. The van der Waals surface area contributed by atoms with E-state index in [1.165, 1.54) is 6.20 Å². The van der Waals surface area contributed by atoms with E-state index in [-0.39, 0.29) is 0 Å². The molecule has 0 spiro atoms. The monoisotopic (exact) mass is 226 g/mol. The van der Waals surface area contributed by atoms with Gasteiger partial charge in [-0.15, -0.1) is 0 Å². The molecule has 0 unspecified atom stereocenters. The molecule has 3 heterocycles. The zero-order valence-corrected chi connectivity index (χ0v) is 9.11. The highest BCUT2D eigenvalue weighted by Gasteiger charge is 2.20. The molecule has 0 atom stereocenters. The van der Waals surface area contributed by atoms with Crippen LogP contribution in [-0.2, 0) is 13.1 Å². The van der Waals surface area contributed by atoms with Gasteiger partial charge in [0.25, 0.3) is 0 Å². The molecule has 0 saturated carbocycles. The highest BCUT2D eigenvalue weighted by atomic mass is 15.3. The van der Waals surface area contributed by atoms with Gasteiger partial charge in [0.2, 0.25) is 0 Å². The second-order valence-electron chi connectivity index (χ2n) is 3.80. The SMILES string of the molecule is N#Cc1nccnc1N1CCn2ccnc2C1. The van der Waals surface area contributed by atoms with E-state index < -0.39 is 0 Å². The van der Waals surface area contributed by atoms with Crippen molar-refractivity contribution >= 4 is 5.82 Å². The Morgan fingerprint density at radius 3 is 2.88 bits per heavy atom. The van der Waals surface area contributed by atoms with E-state index in [0.29, 0.717) is 18.1 Å². The third-order valence-electron chi connectivity index (χ3n) is 2.83. The molecule has 1 aliphatic heterocycles. The van der Waals surface area contributed by atoms with Crippen LogP contribution in [0.3, 0.4) is 0 Å². The highest BCUT2D eigenvalue weighted by molar-refractivity contribution is 5.49. The Morgan fingerprint density at radius 2 is 2.00 bits per heavy atom. The van der Waals surface area contributed by atoms with Gasteiger partial charge >= 0.3 is 0 Å². The molecule has 0 amide bonds. The third kappa shape index (κ3) is 1.61. The van der Waals surface area contributed by atoms with Gasteiger partial charge in [-0.2, -0.15) is 5.26 Å². The van der Waals surface area contributed by atoms with Crippen LogP contribution in [0.2, 0.25) is 0 Å². The van der Waals surface area contributed by atoms with Gasteiger partial charge in [0.1, 0.15) is 11.9 Å². The molecule has 0 bridgehead atoms. The first-order valence-electron chi connectivity index (χ1n) is 5.34. The van der Waals surface area contributed by atoms with Gasteiger partial charge in [-0.1, -0.05) is 0 Å². The van der Waals surface area contributed by atoms with E-state index in [1.54, 1.807) is 12.4 Å². The summed E-state index contributed by atoms with van der Waals surface area (Å²) < 4.78 is 2.11. The second-order valence-corrected chi connectivity index (χ2v) is 3.80. The lowest BCUT2D eigenvalue weighted by molar-refractivity contribution is 0.555. The van der Waals surface area contributed by atoms with Crippen LogP contribution >= 0.6 is 0 Å². The van der Waals surface area contributed by atoms with Crippen molar-refractivity contribution in [2.45, 2.75) is 13.1 Å². The fourth-order valence-corrected chi connectivity index (χ4v) is 2.00. The lowest BCUT2D eigenvalue weighted by Gasteiger charge is -2.28. The van der Waals surface area contributed by atoms with Crippen LogP contribution in [0, 0.1) is 11.3 Å². The quantitative estimate of drug-likeness (QED) is 0.710. The first kappa shape index (κ1) is 9.78. The minimum absolute atomic E-state index is 0.368. The molecule has 6 nitrogen and oxygen atoms in total. The standard InChI is InChI=1S/C11H10N6/c12-7-9-11(15-2-1-13-9)17-6-5-16-4-3-14-10(16)8-17/h1-4H,5-6,8H2. The largest absolute Gasteiger partial charge is 0.345 e. The van der Waals surface area contributed by atoms with E-state index in [2.05, 4.69) is 25.6 Å². The lowest BCUT2D eigenvalue weighted by atomic mass is 10.3. The number of hydrogen-bond acceptors (Lipinski definition) is 5. The minimum Gasteiger partial charge on any atom is -0.345 e. The Bertz CT molecular complexity index is 582. The second kappa shape index (κ2) is 3.87. The fraction of sp³-hybridized carbons (Fsp3) is 0.273. The molecule has 0 aliphatic carbocycles. The Balaban J connectivity index is 1.95. The number of fused-ring (bicyclic) bond motifs is 1. The van der Waals surface area contributed by atoms with E-state index >= 15 is 0 Å². The van der Waals surface area contributed by atoms with Crippen molar-refractivity contribution in [2.75, 3.05) is 11.4 Å². The maximum Gasteiger partial charge on any atom is 0.183 e. The zero-order valence-electron chi connectivity index (χ0n) is 9.11. The van der Waals surface area contributed by atoms with Gasteiger partial charge in [-0.25, -0.2) is 15.0 Å². The maximum absolute atomic E-state index is 9.00. The molecule has 0 radical (unpaired) electrons. The van der Waals surface area contributed by atoms with Gasteiger partial charge in [0.05, 0.1) is 6.54 Å². The molecule has 2 aromatic rings. The van der Waals surface area contributed by atoms with Gasteiger partial charge in [-0.3, -0.25) is 0 Å². The molecule has 6 heteroatoms. The van der Waals surface area contributed by atoms with Crippen LogP contribution < -0.4 is 4.90 Å². The molecule has 17 heavy (non-hydrogen) atoms. The van der Waals surface area contributed by atoms with Crippen LogP contribution in [0.1, 0.15) is 11.5 Å². The number of anilines is 1. The number of imidazole rings is 1. The topological polar surface area (TPSA) is 70.6 Å². The molecular weight excluding hydrogens is 216 g/mol. The van der Waals surface area contributed by atoms with Crippen molar-refractivity contribution in [3.63, 3.8) is 0 Å². The summed E-state index contributed by atoms with van der Waals surface area (Å²) in [6, 6.07) is 2.07. The molecule has 1 aliphatic rings. The fourth-order valence-electron chi connectivity index (χ4n) is 2.00. The van der Waals surface area contributed by atoms with E-state index in [1.807, 2.05) is 11.1 Å². The van der Waals surface area contributed by atoms with Crippen molar-refractivity contribution in [1.82, 2.24) is 19.5 Å². The van der Waals surface area contributed by atoms with Gasteiger partial charge in [0, 0.05) is 37.9 Å². The molecule has 0 N–H and O–H groups in total. The molecular formula is C11H10N6. The van der Waals surface area contributed by atoms with Crippen LogP contribution in [0.15, 0.2) is 24.8 Å². The summed E-state index contributed by atoms with van der Waals surface area (Å²) in [5.41, 5.74) is 0.368. The number of aromatic nitrogens is 4. The van der Waals surface area contributed by atoms with Gasteiger partial charge in [-0.05, 0) is 0 Å². The molecule has 2 aromatic heterocycles. The van der Waals surface area contributed by atoms with Gasteiger partial charge in [0.15, 0.2) is 11.5 Å². The molecule has 84 valence electrons. The van der Waals surface area contributed by atoms with Crippen LogP contribution in [0.5, 0.6) is 0 Å². The number of nitrogens with zero attached hydrogens (tertiary/aromatic N) is 6. The molecule has 0 aromatic carbocycles. The average molecular weight is 226 g/mol. The summed E-state index contributed by atoms with van der Waals surface area (Å²) in [6.45, 7) is 2.34. The summed E-state index contributed by atoms with van der Waals surface area (Å²) in [6.07, 6.45) is 6.90. The lowest BCUT2D eigenvalue weighted by Crippen LogP contribution is -2.34. The predicted octanol–water partition coefficient (Wildman–Crippen LogP) is 0.565. The number of hydrogen-bond donors (Lipinski definition) is 0. The average Bonchev–Trinajstić information content (AvgIpc) is 2.85. The summed E-state index contributed by atoms with van der Waals surface area (Å²) in [4.78, 5) is 14.6. The van der Waals surface area contributed by atoms with Crippen molar-refractivity contribution in [2.24, 2.45) is 0 Å². The van der Waals surface area contributed by atoms with Crippen LogP contribution in [-0.4, -0.2) is 26.1 Å². The van der Waals surface area contributed by atoms with Crippen molar-refractivity contribution in [1.29, 1.82) is 5.26 Å². The minimum atomic E-state index is 0.368. The summed E-state index contributed by atoms with van der Waals surface area (Å²) in [5.74, 6) is 1.63. The summed E-state index contributed by atoms with van der Waals surface area (Å²) in [7, 11) is 0. The van der Waals surface area contributed by atoms with E-state index in [9.17, 15) is 0 Å². The number of nitriles is 1. The highest BCUT2D eigenvalue weighted by Crippen LogP contribution is 2.19. The van der Waals surface area contributed by atoms with E-state index in [0.717, 1.165) is 18.9 Å². The van der Waals surface area contributed by atoms with Crippen molar-refractivity contribution in [3.05, 3.63) is 36.3 Å². The van der Waals surface area contributed by atoms with Crippen LogP contribution in [0.25, 0.3) is 0 Å². The smallest absolute Gasteiger partial charge is 0.183 e. The van der Waals surface area contributed by atoms with E-state index in [4.69, 9.17) is 5.26 Å². The Morgan fingerprint density at radius 1 is 1.12 bits per heavy atom. The first-order chi connectivity index (χ1) is 8.38. The normalized spacial score (nSPS) is 14.2. The Kier molecular flexibility index (Phi) is 2.22. The Labute approximate surface area is 98.2 Å². The molecule has 0 saturated heterocycles. The number of rotatable bonds is 1. The van der Waals surface area contributed by atoms with Gasteiger partial charge < -0.3 is 9.47 Å². The summed E-state index contributed by atoms with van der Waals surface area (Å²) in [5, 5.41) is 9.00. The van der Waals surface area contributed by atoms with Crippen LogP contribution in [0.4, 0.5) is 5.82 Å².